The lowest BCUT2D eigenvalue weighted by atomic mass is 9.34. The number of nitrogens with two attached hydrogens (primary N) is 2. The zero-order valence-corrected chi connectivity index (χ0v) is 47.7. The number of alkyl halides is 1. The van der Waals surface area contributed by atoms with Crippen LogP contribution in [-0.4, -0.2) is 40.4 Å². The fraction of sp³-hybridized carbons (Fsp3) is 0.625. The van der Waals surface area contributed by atoms with Crippen molar-refractivity contribution in [2.75, 3.05) is 11.9 Å². The van der Waals surface area contributed by atoms with Crippen molar-refractivity contribution in [1.29, 1.82) is 0 Å². The van der Waals surface area contributed by atoms with E-state index in [0.29, 0.717) is 28.5 Å². The quantitative estimate of drug-likeness (QED) is 0.188. The van der Waals surface area contributed by atoms with Crippen LogP contribution in [0.3, 0.4) is 0 Å². The molecule has 0 aromatic heterocycles. The first-order chi connectivity index (χ1) is 33.9. The minimum Gasteiger partial charge on any atom is -0.504 e. The van der Waals surface area contributed by atoms with Crippen molar-refractivity contribution in [3.05, 3.63) is 92.6 Å². The monoisotopic (exact) mass is 1050 g/mol. The summed E-state index contributed by atoms with van der Waals surface area (Å²) >= 11 is 3.01. The van der Waals surface area contributed by atoms with E-state index in [9.17, 15) is 24.3 Å². The molecule has 6 fully saturated rings. The van der Waals surface area contributed by atoms with Crippen LogP contribution in [0.25, 0.3) is 0 Å². The lowest BCUT2D eigenvalue weighted by Crippen LogP contribution is -2.62. The molecule has 0 heterocycles. The van der Waals surface area contributed by atoms with Gasteiger partial charge in [0.05, 0.1) is 5.33 Å². The van der Waals surface area contributed by atoms with Gasteiger partial charge in [-0.25, -0.2) is 0 Å². The Kier molecular flexibility index (Phi) is 13.5. The van der Waals surface area contributed by atoms with Crippen LogP contribution >= 0.6 is 15.9 Å². The number of terminal acetylenes is 2. The number of aliphatic hydroxyl groups is 1. The third kappa shape index (κ3) is 7.79. The molecule has 73 heavy (non-hydrogen) atoms. The fourth-order valence-electron chi connectivity index (χ4n) is 17.6. The molecular weight excluding hydrogens is 973 g/mol. The highest BCUT2D eigenvalue weighted by Crippen LogP contribution is 2.77. The topological polar surface area (TPSA) is 150 Å². The van der Waals surface area contributed by atoms with Crippen LogP contribution in [0.1, 0.15) is 173 Å². The van der Waals surface area contributed by atoms with E-state index in [4.69, 9.17) is 29.1 Å². The standard InChI is InChI=1S/C32H41NO3.C29H39NO3.C3H3Br/c1-8-17-36-26-20(2)21-9-10-24-30(5,22(21)18-23(26)34)14-16-32(7)25-19-29(4,27(33)35)12-11-28(25,3)13-15-31(24,32)6;1-17-18-7-8-21-27(4,19(18)15-20(31)23(17)32)12-14-29(6)22-16-26(3,24(30)33)10-9-25(22,2)11-13-28(21,29)5;1-2-3-4/h1,9-10,18,25H,11-17,19H2,2-7H3,(H2,33,35);7-8,15,22,32H,9-14,16H2,1-6H3,(H2,30,33);1H,3H2/t25-,28-,29-,30+,31-,32+;22-,25-,26-,27+,28-,29+;/m11./s1. The Morgan fingerprint density at radius 2 is 1.01 bits per heavy atom. The molecule has 10 aliphatic carbocycles. The number of carbonyl (C=O) groups is 4. The summed E-state index contributed by atoms with van der Waals surface area (Å²) in [6, 6.07) is 0. The molecule has 0 saturated heterocycles. The number of primary amides is 2. The van der Waals surface area contributed by atoms with Gasteiger partial charge in [-0.05, 0) is 183 Å². The molecule has 0 bridgehead atoms. The van der Waals surface area contributed by atoms with Crippen molar-refractivity contribution >= 4 is 39.3 Å². The minimum atomic E-state index is -0.435. The molecule has 0 aromatic rings. The molecular formula is C64H83BrN2O6. The molecule has 392 valence electrons. The molecule has 8 nitrogen and oxygen atoms in total. The van der Waals surface area contributed by atoms with Gasteiger partial charge in [0.1, 0.15) is 6.61 Å². The number of ketones is 2. The summed E-state index contributed by atoms with van der Waals surface area (Å²) in [5.74, 6) is 5.25. The Morgan fingerprint density at radius 1 is 0.616 bits per heavy atom. The summed E-state index contributed by atoms with van der Waals surface area (Å²) in [5.41, 5.74) is 19.9. The van der Waals surface area contributed by atoms with Gasteiger partial charge in [0.15, 0.2) is 11.5 Å². The van der Waals surface area contributed by atoms with Crippen LogP contribution in [-0.2, 0) is 23.9 Å². The predicted octanol–water partition coefficient (Wildman–Crippen LogP) is 13.3. The van der Waals surface area contributed by atoms with Gasteiger partial charge in [0.2, 0.25) is 23.4 Å². The largest absolute Gasteiger partial charge is 0.504 e. The number of halogens is 1. The summed E-state index contributed by atoms with van der Waals surface area (Å²) in [7, 11) is 0. The number of hydrogen-bond donors (Lipinski definition) is 3. The van der Waals surface area contributed by atoms with Gasteiger partial charge < -0.3 is 21.3 Å². The number of amides is 2. The van der Waals surface area contributed by atoms with Crippen molar-refractivity contribution in [3.8, 4) is 24.7 Å². The van der Waals surface area contributed by atoms with Crippen LogP contribution in [0.15, 0.2) is 92.6 Å². The third-order valence-electron chi connectivity index (χ3n) is 23.3. The highest BCUT2D eigenvalue weighted by Gasteiger charge is 2.69. The van der Waals surface area contributed by atoms with Gasteiger partial charge in [0.25, 0.3) is 0 Å². The first kappa shape index (κ1) is 54.7. The smallest absolute Gasteiger partial charge is 0.223 e. The van der Waals surface area contributed by atoms with Gasteiger partial charge in [-0.2, -0.15) is 0 Å². The van der Waals surface area contributed by atoms with Gasteiger partial charge >= 0.3 is 0 Å². The summed E-state index contributed by atoms with van der Waals surface area (Å²) < 4.78 is 5.66. The van der Waals surface area contributed by atoms with Gasteiger partial charge in [-0.3, -0.25) is 19.2 Å². The average molecular weight is 1060 g/mol. The second kappa shape index (κ2) is 18.0. The molecule has 0 aromatic carbocycles. The highest BCUT2D eigenvalue weighted by atomic mass is 79.9. The van der Waals surface area contributed by atoms with E-state index in [1.165, 1.54) is 11.1 Å². The van der Waals surface area contributed by atoms with Gasteiger partial charge in [-0.1, -0.05) is 132 Å². The molecule has 5 N–H and O–H groups in total. The third-order valence-corrected chi connectivity index (χ3v) is 23.6. The zero-order valence-electron chi connectivity index (χ0n) is 46.1. The lowest BCUT2D eigenvalue weighted by Gasteiger charge is -2.70. The van der Waals surface area contributed by atoms with Crippen molar-refractivity contribution in [2.45, 2.75) is 173 Å². The van der Waals surface area contributed by atoms with Gasteiger partial charge in [0, 0.05) is 32.8 Å². The molecule has 10 aliphatic rings. The second-order valence-corrected chi connectivity index (χ2v) is 27.3. The minimum absolute atomic E-state index is 0.0240. The van der Waals surface area contributed by atoms with Crippen LogP contribution in [0, 0.1) is 90.7 Å². The van der Waals surface area contributed by atoms with Crippen molar-refractivity contribution in [2.24, 2.45) is 77.5 Å². The first-order valence-electron chi connectivity index (χ1n) is 27.1. The molecule has 0 unspecified atom stereocenters. The van der Waals surface area contributed by atoms with Crippen LogP contribution in [0.5, 0.6) is 0 Å². The van der Waals surface area contributed by atoms with E-state index < -0.39 is 10.8 Å². The number of fused-ring (bicyclic) bond motifs is 14. The van der Waals surface area contributed by atoms with Crippen LogP contribution in [0.4, 0.5) is 0 Å². The molecule has 0 spiro atoms. The normalized spacial score (nSPS) is 42.9. The molecule has 10 rings (SSSR count). The fourth-order valence-corrected chi connectivity index (χ4v) is 17.6. The summed E-state index contributed by atoms with van der Waals surface area (Å²) in [5, 5.41) is 10.9. The highest BCUT2D eigenvalue weighted by molar-refractivity contribution is 9.09. The second-order valence-electron chi connectivity index (χ2n) is 26.8. The number of allylic oxidation sites excluding steroid dienone is 14. The van der Waals surface area contributed by atoms with E-state index in [-0.39, 0.29) is 79.1 Å². The maximum atomic E-state index is 13.2. The maximum absolute atomic E-state index is 13.2. The van der Waals surface area contributed by atoms with E-state index in [1.807, 2.05) is 13.8 Å². The van der Waals surface area contributed by atoms with E-state index in [2.05, 4.69) is 121 Å². The SMILES string of the molecule is C#CCBr.C#CCOC1=C(C)C2=CC=C3[C@@](C)(CC[C@@]4(C)[C@@H]5C[C@](C)(C(N)=O)CC[C@]5(C)CC[C@]34C)C2=CC1=O.CC1=C(O)C(=O)C=C2C1=CC=C1[C@@]2(C)CC[C@@]2(C)[C@@H]3C[C@](C)(C(N)=O)CC[C@]3(C)CC[C@]12C. The Labute approximate surface area is 445 Å². The summed E-state index contributed by atoms with van der Waals surface area (Å²) in [6.45, 7) is 27.5. The lowest BCUT2D eigenvalue weighted by molar-refractivity contribution is -0.168. The Balaban J connectivity index is 0.000000182. The predicted molar refractivity (Wildman–Crippen MR) is 295 cm³/mol. The van der Waals surface area contributed by atoms with E-state index in [1.54, 1.807) is 12.2 Å². The molecule has 12 atom stereocenters. The molecule has 6 saturated carbocycles. The number of rotatable bonds is 4. The van der Waals surface area contributed by atoms with Crippen LogP contribution < -0.4 is 11.5 Å². The van der Waals surface area contributed by atoms with Crippen molar-refractivity contribution in [1.82, 2.24) is 0 Å². The first-order valence-corrected chi connectivity index (χ1v) is 28.2. The summed E-state index contributed by atoms with van der Waals surface area (Å²) in [6.07, 6.45) is 36.8. The molecule has 0 aliphatic heterocycles. The average Bonchev–Trinajstić information content (AvgIpc) is 3.34. The van der Waals surface area contributed by atoms with E-state index >= 15 is 0 Å². The molecule has 9 heteroatoms. The molecule has 2 amide bonds. The summed E-state index contributed by atoms with van der Waals surface area (Å²) in [4.78, 5) is 50.7. The van der Waals surface area contributed by atoms with Gasteiger partial charge in [-0.15, -0.1) is 12.8 Å². The zero-order chi connectivity index (χ0) is 53.9. The number of carbonyl (C=O) groups excluding carboxylic acids is 4. The van der Waals surface area contributed by atoms with Crippen molar-refractivity contribution in [3.63, 3.8) is 0 Å². The number of hydrogen-bond acceptors (Lipinski definition) is 6. The van der Waals surface area contributed by atoms with Crippen molar-refractivity contribution < 1.29 is 29.0 Å². The Morgan fingerprint density at radius 3 is 1.41 bits per heavy atom. The molecule has 0 radical (unpaired) electrons. The maximum Gasteiger partial charge on any atom is 0.223 e. The van der Waals surface area contributed by atoms with E-state index in [0.717, 1.165) is 118 Å². The number of aliphatic hydroxyl groups excluding tert-OH is 1. The Bertz CT molecular complexity index is 2820. The Hall–Kier alpha value is -4.60. The van der Waals surface area contributed by atoms with Crippen LogP contribution in [0.2, 0.25) is 0 Å². The number of ether oxygens (including phenoxy) is 1.